The van der Waals surface area contributed by atoms with E-state index >= 15 is 0 Å². The second-order valence-electron chi connectivity index (χ2n) is 8.64. The molecule has 0 spiro atoms. The molecule has 0 unspecified atom stereocenters. The Morgan fingerprint density at radius 3 is 2.73 bits per heavy atom. The molecular weight excluding hydrogens is 380 g/mol. The molecule has 158 valence electrons. The minimum atomic E-state index is -0.503. The summed E-state index contributed by atoms with van der Waals surface area (Å²) in [6.45, 7) is 6.73. The van der Waals surface area contributed by atoms with Crippen molar-refractivity contribution in [1.29, 1.82) is 0 Å². The van der Waals surface area contributed by atoms with Gasteiger partial charge in [-0.1, -0.05) is 6.07 Å². The van der Waals surface area contributed by atoms with E-state index in [2.05, 4.69) is 34.5 Å². The van der Waals surface area contributed by atoms with Crippen LogP contribution in [0.2, 0.25) is 0 Å². The van der Waals surface area contributed by atoms with E-state index in [1.54, 1.807) is 6.26 Å². The summed E-state index contributed by atoms with van der Waals surface area (Å²) >= 11 is 0. The number of benzene rings is 2. The van der Waals surface area contributed by atoms with Gasteiger partial charge < -0.3 is 24.1 Å². The summed E-state index contributed by atoms with van der Waals surface area (Å²) in [6.07, 6.45) is 2.17. The smallest absolute Gasteiger partial charge is 0.407 e. The van der Waals surface area contributed by atoms with E-state index in [0.29, 0.717) is 13.2 Å². The quantitative estimate of drug-likeness (QED) is 0.609. The lowest BCUT2D eigenvalue weighted by Crippen LogP contribution is -2.35. The van der Waals surface area contributed by atoms with Crippen molar-refractivity contribution >= 4 is 28.4 Å². The number of carbonyl (C=O) groups is 1. The molecular formula is C24H28N2O4. The van der Waals surface area contributed by atoms with Crippen molar-refractivity contribution in [2.45, 2.75) is 38.7 Å². The molecule has 0 saturated carbocycles. The number of hydrogen-bond acceptors (Lipinski definition) is 5. The van der Waals surface area contributed by atoms with Crippen LogP contribution < -0.4 is 15.0 Å². The highest BCUT2D eigenvalue weighted by Gasteiger charge is 2.24. The Kier molecular flexibility index (Phi) is 5.33. The van der Waals surface area contributed by atoms with Gasteiger partial charge in [-0.15, -0.1) is 0 Å². The van der Waals surface area contributed by atoms with Crippen LogP contribution in [0.25, 0.3) is 11.0 Å². The van der Waals surface area contributed by atoms with Crippen LogP contribution in [0.3, 0.4) is 0 Å². The second-order valence-corrected chi connectivity index (χ2v) is 8.64. The predicted molar refractivity (Wildman–Crippen MR) is 118 cm³/mol. The first-order valence-electron chi connectivity index (χ1n) is 10.2. The van der Waals surface area contributed by atoms with Gasteiger partial charge in [0.1, 0.15) is 16.9 Å². The number of fused-ring (bicyclic) bond motifs is 2. The zero-order chi connectivity index (χ0) is 21.3. The summed E-state index contributed by atoms with van der Waals surface area (Å²) in [5.74, 6) is 1.06. The standard InChI is InChI=1S/C24H28N2O4/c1-24(2,3)30-23(27)25-15-17-10-12-29-22-14-19(5-7-20(17)22)26(4)18-6-8-21-16(13-18)9-11-28-21/h5-9,11,13-14,17H,10,12,15H2,1-4H3,(H,25,27)/t17-/m0/s1. The Labute approximate surface area is 176 Å². The normalized spacial score (nSPS) is 15.9. The Hall–Kier alpha value is -3.15. The Morgan fingerprint density at radius 2 is 1.93 bits per heavy atom. The monoisotopic (exact) mass is 408 g/mol. The van der Waals surface area contributed by atoms with Crippen LogP contribution >= 0.6 is 0 Å². The first-order chi connectivity index (χ1) is 14.3. The number of rotatable bonds is 4. The third-order valence-corrected chi connectivity index (χ3v) is 5.26. The first kappa shape index (κ1) is 20.1. The fraction of sp³-hybridized carbons (Fsp3) is 0.375. The van der Waals surface area contributed by atoms with Crippen molar-refractivity contribution in [1.82, 2.24) is 5.32 Å². The van der Waals surface area contributed by atoms with E-state index in [1.165, 1.54) is 0 Å². The fourth-order valence-corrected chi connectivity index (χ4v) is 3.71. The molecule has 0 fully saturated rings. The number of amides is 1. The number of anilines is 2. The molecule has 30 heavy (non-hydrogen) atoms. The third-order valence-electron chi connectivity index (χ3n) is 5.26. The molecule has 6 heteroatoms. The van der Waals surface area contributed by atoms with Crippen LogP contribution in [-0.4, -0.2) is 31.9 Å². The van der Waals surface area contributed by atoms with Crippen molar-refractivity contribution in [2.75, 3.05) is 25.1 Å². The lowest BCUT2D eigenvalue weighted by Gasteiger charge is -2.28. The number of nitrogens with one attached hydrogen (secondary N) is 1. The topological polar surface area (TPSA) is 63.9 Å². The SMILES string of the molecule is CN(c1ccc2c(c1)OCC[C@H]2CNC(=O)OC(C)(C)C)c1ccc2occc2c1. The molecule has 6 nitrogen and oxygen atoms in total. The van der Waals surface area contributed by atoms with Crippen LogP contribution in [0.4, 0.5) is 16.2 Å². The van der Waals surface area contributed by atoms with Gasteiger partial charge in [0, 0.05) is 42.3 Å². The van der Waals surface area contributed by atoms with Crippen LogP contribution in [0.15, 0.2) is 53.1 Å². The van der Waals surface area contributed by atoms with Crippen molar-refractivity contribution < 1.29 is 18.7 Å². The molecule has 0 radical (unpaired) electrons. The average molecular weight is 408 g/mol. The molecule has 1 aliphatic heterocycles. The number of furan rings is 1. The second kappa shape index (κ2) is 7.94. The molecule has 1 atom stereocenters. The summed E-state index contributed by atoms with van der Waals surface area (Å²) < 4.78 is 16.7. The Morgan fingerprint density at radius 1 is 1.17 bits per heavy atom. The van der Waals surface area contributed by atoms with Crippen molar-refractivity contribution in [3.63, 3.8) is 0 Å². The predicted octanol–water partition coefficient (Wildman–Crippen LogP) is 5.59. The number of carbonyl (C=O) groups excluding carboxylic acids is 1. The van der Waals surface area contributed by atoms with Crippen LogP contribution in [0.5, 0.6) is 5.75 Å². The maximum atomic E-state index is 12.0. The van der Waals surface area contributed by atoms with Gasteiger partial charge in [-0.2, -0.15) is 0 Å². The lowest BCUT2D eigenvalue weighted by molar-refractivity contribution is 0.0521. The zero-order valence-corrected chi connectivity index (χ0v) is 17.9. The maximum absolute atomic E-state index is 12.0. The van der Waals surface area contributed by atoms with Gasteiger partial charge in [-0.3, -0.25) is 0 Å². The van der Waals surface area contributed by atoms with Gasteiger partial charge in [-0.05, 0) is 63.1 Å². The van der Waals surface area contributed by atoms with Gasteiger partial charge in [-0.25, -0.2) is 4.79 Å². The Balaban J connectivity index is 1.49. The molecule has 1 amide bonds. The molecule has 2 heterocycles. The van der Waals surface area contributed by atoms with Gasteiger partial charge in [0.25, 0.3) is 0 Å². The first-order valence-corrected chi connectivity index (χ1v) is 10.2. The van der Waals surface area contributed by atoms with E-state index in [-0.39, 0.29) is 12.0 Å². The molecule has 1 N–H and O–H groups in total. The van der Waals surface area contributed by atoms with E-state index in [1.807, 2.05) is 46.0 Å². The number of hydrogen-bond donors (Lipinski definition) is 1. The maximum Gasteiger partial charge on any atom is 0.407 e. The number of ether oxygens (including phenoxy) is 2. The molecule has 0 bridgehead atoms. The van der Waals surface area contributed by atoms with Gasteiger partial charge in [0.2, 0.25) is 0 Å². The summed E-state index contributed by atoms with van der Waals surface area (Å²) in [7, 11) is 2.04. The largest absolute Gasteiger partial charge is 0.493 e. The van der Waals surface area contributed by atoms with Gasteiger partial charge >= 0.3 is 6.09 Å². The molecule has 0 saturated heterocycles. The summed E-state index contributed by atoms with van der Waals surface area (Å²) in [4.78, 5) is 14.1. The zero-order valence-electron chi connectivity index (χ0n) is 17.9. The van der Waals surface area contributed by atoms with Gasteiger partial charge in [0.15, 0.2) is 0 Å². The molecule has 2 aromatic carbocycles. The van der Waals surface area contributed by atoms with E-state index < -0.39 is 5.60 Å². The summed E-state index contributed by atoms with van der Waals surface area (Å²) in [6, 6.07) is 14.3. The highest BCUT2D eigenvalue weighted by Crippen LogP contribution is 2.38. The fourth-order valence-electron chi connectivity index (χ4n) is 3.71. The van der Waals surface area contributed by atoms with Crippen LogP contribution in [0, 0.1) is 0 Å². The number of nitrogens with zero attached hydrogens (tertiary/aromatic N) is 1. The number of alkyl carbamates (subject to hydrolysis) is 1. The van der Waals surface area contributed by atoms with Crippen LogP contribution in [-0.2, 0) is 4.74 Å². The average Bonchev–Trinajstić information content (AvgIpc) is 3.17. The van der Waals surface area contributed by atoms with Crippen molar-refractivity contribution in [2.24, 2.45) is 0 Å². The van der Waals surface area contributed by atoms with Crippen LogP contribution in [0.1, 0.15) is 38.7 Å². The molecule has 4 rings (SSSR count). The minimum absolute atomic E-state index is 0.197. The third kappa shape index (κ3) is 4.37. The summed E-state index contributed by atoms with van der Waals surface area (Å²) in [5.41, 5.74) is 3.59. The lowest BCUT2D eigenvalue weighted by atomic mass is 9.92. The molecule has 1 aliphatic rings. The highest BCUT2D eigenvalue weighted by molar-refractivity contribution is 5.83. The minimum Gasteiger partial charge on any atom is -0.493 e. The molecule has 1 aromatic heterocycles. The van der Waals surface area contributed by atoms with Crippen molar-refractivity contribution in [3.8, 4) is 5.75 Å². The van der Waals surface area contributed by atoms with Crippen molar-refractivity contribution in [3.05, 3.63) is 54.3 Å². The van der Waals surface area contributed by atoms with Gasteiger partial charge in [0.05, 0.1) is 12.9 Å². The highest BCUT2D eigenvalue weighted by atomic mass is 16.6. The van der Waals surface area contributed by atoms with E-state index in [9.17, 15) is 4.79 Å². The molecule has 0 aliphatic carbocycles. The van der Waals surface area contributed by atoms with E-state index in [4.69, 9.17) is 13.9 Å². The summed E-state index contributed by atoms with van der Waals surface area (Å²) in [5, 5.41) is 3.96. The van der Waals surface area contributed by atoms with E-state index in [0.717, 1.165) is 40.1 Å². The molecule has 3 aromatic rings. The Bertz CT molecular complexity index is 1050.